The summed E-state index contributed by atoms with van der Waals surface area (Å²) in [5, 5.41) is 0. The first-order chi connectivity index (χ1) is 10.3. The number of unbranched alkanes of at least 4 members (excludes halogenated alkanes) is 1. The van der Waals surface area contributed by atoms with Crippen LogP contribution >= 0.6 is 24.0 Å². The number of ether oxygens (including phenoxy) is 1. The van der Waals surface area contributed by atoms with Crippen molar-refractivity contribution in [3.8, 4) is 5.75 Å². The largest absolute Gasteiger partial charge is 0.497 e. The van der Waals surface area contributed by atoms with E-state index in [1.165, 1.54) is 24.8 Å². The molecule has 1 aromatic carbocycles. The standard InChI is InChI=1S/C17H27N3O.HI/c1-21-16-10-8-15(9-11-16)7-3-4-12-19-17(18)20-13-5-2-6-14-20;/h8-11H,2-7,12-14H2,1H3,(H2,18,19);1H. The number of nitrogens with two attached hydrogens (primary N) is 1. The summed E-state index contributed by atoms with van der Waals surface area (Å²) in [6.07, 6.45) is 7.12. The first-order valence-electron chi connectivity index (χ1n) is 7.97. The number of benzene rings is 1. The van der Waals surface area contributed by atoms with E-state index < -0.39 is 0 Å². The Labute approximate surface area is 151 Å². The fourth-order valence-electron chi connectivity index (χ4n) is 2.65. The topological polar surface area (TPSA) is 50.9 Å². The minimum absolute atomic E-state index is 0. The van der Waals surface area contributed by atoms with E-state index in [4.69, 9.17) is 10.5 Å². The van der Waals surface area contributed by atoms with Crippen LogP contribution in [0.25, 0.3) is 0 Å². The molecule has 1 fully saturated rings. The van der Waals surface area contributed by atoms with Gasteiger partial charge in [0.2, 0.25) is 0 Å². The SMILES string of the molecule is COc1ccc(CCCCN=C(N)N2CCCCC2)cc1.I. The van der Waals surface area contributed by atoms with E-state index in [9.17, 15) is 0 Å². The molecule has 1 saturated heterocycles. The molecule has 0 bridgehead atoms. The van der Waals surface area contributed by atoms with Crippen molar-refractivity contribution < 1.29 is 4.74 Å². The van der Waals surface area contributed by atoms with Crippen LogP contribution in [0.2, 0.25) is 0 Å². The second-order valence-electron chi connectivity index (χ2n) is 5.59. The van der Waals surface area contributed by atoms with Crippen molar-refractivity contribution in [1.82, 2.24) is 4.90 Å². The van der Waals surface area contributed by atoms with Gasteiger partial charge >= 0.3 is 0 Å². The number of nitrogens with zero attached hydrogens (tertiary/aromatic N) is 2. The Morgan fingerprint density at radius 1 is 1.14 bits per heavy atom. The van der Waals surface area contributed by atoms with Crippen LogP contribution in [0.15, 0.2) is 29.3 Å². The van der Waals surface area contributed by atoms with Crippen molar-refractivity contribution in [3.05, 3.63) is 29.8 Å². The Kier molecular flexibility index (Phi) is 9.27. The number of guanidine groups is 1. The molecule has 1 aromatic rings. The number of likely N-dealkylation sites (tertiary alicyclic amines) is 1. The lowest BCUT2D eigenvalue weighted by molar-refractivity contribution is 0.338. The number of halogens is 1. The summed E-state index contributed by atoms with van der Waals surface area (Å²) in [6.45, 7) is 2.97. The average molecular weight is 417 g/mol. The molecule has 22 heavy (non-hydrogen) atoms. The van der Waals surface area contributed by atoms with E-state index >= 15 is 0 Å². The Hall–Kier alpha value is -0.980. The van der Waals surface area contributed by atoms with E-state index in [2.05, 4.69) is 22.0 Å². The molecule has 0 atom stereocenters. The molecule has 2 N–H and O–H groups in total. The number of methoxy groups -OCH3 is 1. The van der Waals surface area contributed by atoms with Crippen LogP contribution in [0, 0.1) is 0 Å². The summed E-state index contributed by atoms with van der Waals surface area (Å²) < 4.78 is 5.16. The van der Waals surface area contributed by atoms with Crippen molar-refractivity contribution in [1.29, 1.82) is 0 Å². The molecule has 1 aliphatic heterocycles. The quantitative estimate of drug-likeness (QED) is 0.334. The number of hydrogen-bond donors (Lipinski definition) is 1. The number of aliphatic imine (C=N–C) groups is 1. The highest BCUT2D eigenvalue weighted by molar-refractivity contribution is 14.0. The normalized spacial score (nSPS) is 15.3. The van der Waals surface area contributed by atoms with Gasteiger partial charge in [0.15, 0.2) is 5.96 Å². The van der Waals surface area contributed by atoms with Gasteiger partial charge in [0.1, 0.15) is 5.75 Å². The van der Waals surface area contributed by atoms with E-state index in [0.717, 1.165) is 50.6 Å². The lowest BCUT2D eigenvalue weighted by Gasteiger charge is -2.27. The van der Waals surface area contributed by atoms with Gasteiger partial charge in [-0.05, 0) is 56.2 Å². The Morgan fingerprint density at radius 2 is 1.82 bits per heavy atom. The van der Waals surface area contributed by atoms with Crippen molar-refractivity contribution in [2.75, 3.05) is 26.7 Å². The predicted octanol–water partition coefficient (Wildman–Crippen LogP) is 3.44. The molecule has 1 heterocycles. The Morgan fingerprint density at radius 3 is 2.45 bits per heavy atom. The third-order valence-electron chi connectivity index (χ3n) is 3.99. The van der Waals surface area contributed by atoms with Gasteiger partial charge < -0.3 is 15.4 Å². The highest BCUT2D eigenvalue weighted by atomic mass is 127. The molecule has 1 aliphatic rings. The molecule has 0 spiro atoms. The minimum Gasteiger partial charge on any atom is -0.497 e. The summed E-state index contributed by atoms with van der Waals surface area (Å²) in [5.74, 6) is 1.65. The molecule has 4 nitrogen and oxygen atoms in total. The third kappa shape index (κ3) is 6.42. The molecule has 0 amide bonds. The van der Waals surface area contributed by atoms with Crippen LogP contribution in [0.5, 0.6) is 5.75 Å². The second-order valence-corrected chi connectivity index (χ2v) is 5.59. The van der Waals surface area contributed by atoms with Crippen LogP contribution in [-0.2, 0) is 6.42 Å². The summed E-state index contributed by atoms with van der Waals surface area (Å²) in [6, 6.07) is 8.29. The minimum atomic E-state index is 0. The van der Waals surface area contributed by atoms with Crippen LogP contribution in [0.1, 0.15) is 37.7 Å². The molecule has 5 heteroatoms. The molecule has 0 unspecified atom stereocenters. The van der Waals surface area contributed by atoms with Crippen LogP contribution < -0.4 is 10.5 Å². The zero-order valence-electron chi connectivity index (χ0n) is 13.5. The maximum absolute atomic E-state index is 6.04. The van der Waals surface area contributed by atoms with E-state index in [1.54, 1.807) is 7.11 Å². The van der Waals surface area contributed by atoms with Crippen molar-refractivity contribution in [2.24, 2.45) is 10.7 Å². The highest BCUT2D eigenvalue weighted by Crippen LogP contribution is 2.13. The molecular formula is C17H28IN3O. The van der Waals surface area contributed by atoms with Gasteiger partial charge in [-0.3, -0.25) is 4.99 Å². The summed E-state index contributed by atoms with van der Waals surface area (Å²) in [7, 11) is 1.69. The lowest BCUT2D eigenvalue weighted by atomic mass is 10.1. The molecule has 0 aromatic heterocycles. The van der Waals surface area contributed by atoms with Crippen molar-refractivity contribution in [3.63, 3.8) is 0 Å². The first kappa shape index (κ1) is 19.1. The van der Waals surface area contributed by atoms with Gasteiger partial charge in [-0.2, -0.15) is 0 Å². The van der Waals surface area contributed by atoms with Gasteiger partial charge in [-0.15, -0.1) is 24.0 Å². The maximum Gasteiger partial charge on any atom is 0.191 e. The molecule has 0 saturated carbocycles. The van der Waals surface area contributed by atoms with Crippen molar-refractivity contribution >= 4 is 29.9 Å². The molecular weight excluding hydrogens is 389 g/mol. The van der Waals surface area contributed by atoms with Gasteiger partial charge in [0, 0.05) is 19.6 Å². The lowest BCUT2D eigenvalue weighted by Crippen LogP contribution is -2.40. The predicted molar refractivity (Wildman–Crippen MR) is 103 cm³/mol. The number of hydrogen-bond acceptors (Lipinski definition) is 2. The monoisotopic (exact) mass is 417 g/mol. The second kappa shape index (κ2) is 10.7. The van der Waals surface area contributed by atoms with Gasteiger partial charge in [-0.1, -0.05) is 12.1 Å². The summed E-state index contributed by atoms with van der Waals surface area (Å²) in [4.78, 5) is 6.72. The fraction of sp³-hybridized carbons (Fsp3) is 0.588. The average Bonchev–Trinajstić information content (AvgIpc) is 2.55. The number of piperidine rings is 1. The zero-order valence-corrected chi connectivity index (χ0v) is 15.8. The smallest absolute Gasteiger partial charge is 0.191 e. The van der Waals surface area contributed by atoms with Crippen LogP contribution in [0.4, 0.5) is 0 Å². The Bertz CT molecular complexity index is 442. The van der Waals surface area contributed by atoms with E-state index in [-0.39, 0.29) is 24.0 Å². The van der Waals surface area contributed by atoms with E-state index in [0.29, 0.717) is 0 Å². The molecule has 2 rings (SSSR count). The molecule has 0 aliphatic carbocycles. The van der Waals surface area contributed by atoms with Gasteiger partial charge in [-0.25, -0.2) is 0 Å². The molecule has 0 radical (unpaired) electrons. The van der Waals surface area contributed by atoms with E-state index in [1.807, 2.05) is 12.1 Å². The fourth-order valence-corrected chi connectivity index (χ4v) is 2.65. The van der Waals surface area contributed by atoms with Gasteiger partial charge in [0.25, 0.3) is 0 Å². The number of rotatable bonds is 6. The highest BCUT2D eigenvalue weighted by Gasteiger charge is 2.11. The Balaban J connectivity index is 0.00000242. The zero-order chi connectivity index (χ0) is 14.9. The third-order valence-corrected chi connectivity index (χ3v) is 3.99. The summed E-state index contributed by atoms with van der Waals surface area (Å²) >= 11 is 0. The van der Waals surface area contributed by atoms with Crippen molar-refractivity contribution in [2.45, 2.75) is 38.5 Å². The molecule has 124 valence electrons. The summed E-state index contributed by atoms with van der Waals surface area (Å²) in [5.41, 5.74) is 7.39. The first-order valence-corrected chi connectivity index (χ1v) is 7.97. The van der Waals surface area contributed by atoms with Crippen LogP contribution in [-0.4, -0.2) is 37.6 Å². The van der Waals surface area contributed by atoms with Crippen LogP contribution in [0.3, 0.4) is 0 Å². The number of aryl methyl sites for hydroxylation is 1. The van der Waals surface area contributed by atoms with Gasteiger partial charge in [0.05, 0.1) is 7.11 Å². The maximum atomic E-state index is 6.04.